The number of nitrogens with zero attached hydrogens (tertiary/aromatic N) is 1. The zero-order chi connectivity index (χ0) is 21.9. The van der Waals surface area contributed by atoms with Gasteiger partial charge < -0.3 is 19.5 Å². The van der Waals surface area contributed by atoms with Crippen LogP contribution in [0.2, 0.25) is 5.02 Å². The van der Waals surface area contributed by atoms with Gasteiger partial charge in [0.1, 0.15) is 5.75 Å². The van der Waals surface area contributed by atoms with Crippen molar-refractivity contribution in [2.45, 2.75) is 12.5 Å². The lowest BCUT2D eigenvalue weighted by Gasteiger charge is -2.34. The standard InChI is InChI=1S/C20H23ClN2O6S/c1-27-17-6-4-13(10-18(17)28-2)8-9-22-20(24)19-12-23(30(3,25)26)15-11-14(21)5-7-16(15)29-19/h4-7,10-11,19H,8-9,12H2,1-3H3,(H,22,24)/t19-/m0/s1. The molecule has 0 aromatic heterocycles. The van der Waals surface area contributed by atoms with Crippen LogP contribution >= 0.6 is 11.6 Å². The maximum Gasteiger partial charge on any atom is 0.263 e. The van der Waals surface area contributed by atoms with E-state index in [2.05, 4.69) is 5.32 Å². The van der Waals surface area contributed by atoms with Gasteiger partial charge in [-0.15, -0.1) is 0 Å². The largest absolute Gasteiger partial charge is 0.493 e. The van der Waals surface area contributed by atoms with Crippen molar-refractivity contribution in [2.24, 2.45) is 0 Å². The van der Waals surface area contributed by atoms with Gasteiger partial charge in [-0.2, -0.15) is 0 Å². The molecule has 30 heavy (non-hydrogen) atoms. The normalized spacial score (nSPS) is 15.7. The zero-order valence-electron chi connectivity index (χ0n) is 16.8. The number of halogens is 1. The smallest absolute Gasteiger partial charge is 0.263 e. The third-order valence-corrected chi connectivity index (χ3v) is 6.03. The summed E-state index contributed by atoms with van der Waals surface area (Å²) in [6.45, 7) is 0.217. The van der Waals surface area contributed by atoms with E-state index in [1.165, 1.54) is 6.07 Å². The molecule has 1 atom stereocenters. The third kappa shape index (κ3) is 4.91. The first kappa shape index (κ1) is 22.0. The molecule has 0 unspecified atom stereocenters. The van der Waals surface area contributed by atoms with Crippen molar-refractivity contribution in [1.82, 2.24) is 5.32 Å². The van der Waals surface area contributed by atoms with Crippen LogP contribution in [0.1, 0.15) is 5.56 Å². The van der Waals surface area contributed by atoms with Gasteiger partial charge in [0.05, 0.1) is 32.7 Å². The van der Waals surface area contributed by atoms with Crippen molar-refractivity contribution in [3.8, 4) is 17.2 Å². The van der Waals surface area contributed by atoms with Crippen LogP contribution in [-0.4, -0.2) is 54.0 Å². The molecule has 0 saturated heterocycles. The van der Waals surface area contributed by atoms with E-state index in [4.69, 9.17) is 25.8 Å². The van der Waals surface area contributed by atoms with Gasteiger partial charge in [-0.05, 0) is 42.3 Å². The van der Waals surface area contributed by atoms with E-state index in [9.17, 15) is 13.2 Å². The Balaban J connectivity index is 1.67. The fourth-order valence-electron chi connectivity index (χ4n) is 3.16. The van der Waals surface area contributed by atoms with Gasteiger partial charge in [-0.1, -0.05) is 17.7 Å². The van der Waals surface area contributed by atoms with E-state index in [0.29, 0.717) is 35.2 Å². The molecule has 162 valence electrons. The summed E-state index contributed by atoms with van der Waals surface area (Å²) in [4.78, 5) is 12.6. The van der Waals surface area contributed by atoms with E-state index < -0.39 is 22.0 Å². The lowest BCUT2D eigenvalue weighted by atomic mass is 10.1. The number of hydrogen-bond donors (Lipinski definition) is 1. The van der Waals surface area contributed by atoms with E-state index in [1.54, 1.807) is 32.4 Å². The van der Waals surface area contributed by atoms with Crippen LogP contribution < -0.4 is 23.8 Å². The van der Waals surface area contributed by atoms with Gasteiger partial charge in [0, 0.05) is 11.6 Å². The average Bonchev–Trinajstić information content (AvgIpc) is 2.71. The summed E-state index contributed by atoms with van der Waals surface area (Å²) in [5.41, 5.74) is 1.27. The maximum absolute atomic E-state index is 12.6. The second-order valence-electron chi connectivity index (χ2n) is 6.74. The Kier molecular flexibility index (Phi) is 6.62. The van der Waals surface area contributed by atoms with Crippen LogP contribution in [0.5, 0.6) is 17.2 Å². The molecule has 1 amide bonds. The second kappa shape index (κ2) is 9.01. The molecule has 0 fully saturated rings. The van der Waals surface area contributed by atoms with Crippen molar-refractivity contribution < 1.29 is 27.4 Å². The summed E-state index contributed by atoms with van der Waals surface area (Å²) >= 11 is 5.99. The highest BCUT2D eigenvalue weighted by atomic mass is 35.5. The number of nitrogens with one attached hydrogen (secondary N) is 1. The molecule has 1 aliphatic rings. The average molecular weight is 455 g/mol. The van der Waals surface area contributed by atoms with Gasteiger partial charge in [0.15, 0.2) is 17.6 Å². The number of benzene rings is 2. The Hall–Kier alpha value is -2.65. The predicted molar refractivity (Wildman–Crippen MR) is 114 cm³/mol. The molecule has 0 saturated carbocycles. The molecular formula is C20H23ClN2O6S. The van der Waals surface area contributed by atoms with Crippen LogP contribution in [0.4, 0.5) is 5.69 Å². The van der Waals surface area contributed by atoms with Gasteiger partial charge in [0.25, 0.3) is 5.91 Å². The molecule has 0 aliphatic carbocycles. The number of amides is 1. The van der Waals surface area contributed by atoms with Gasteiger partial charge in [0.2, 0.25) is 10.0 Å². The fourth-order valence-corrected chi connectivity index (χ4v) is 4.23. The van der Waals surface area contributed by atoms with Crippen LogP contribution in [0.15, 0.2) is 36.4 Å². The summed E-state index contributed by atoms with van der Waals surface area (Å²) < 4.78 is 41.8. The highest BCUT2D eigenvalue weighted by Crippen LogP contribution is 2.37. The first-order valence-corrected chi connectivity index (χ1v) is 11.4. The highest BCUT2D eigenvalue weighted by molar-refractivity contribution is 7.92. The van der Waals surface area contributed by atoms with E-state index in [1.807, 2.05) is 12.1 Å². The Bertz CT molecular complexity index is 1040. The Labute approximate surface area is 180 Å². The Morgan fingerprint density at radius 2 is 1.93 bits per heavy atom. The molecule has 8 nitrogen and oxygen atoms in total. The predicted octanol–water partition coefficient (Wildman–Crippen LogP) is 2.24. The summed E-state index contributed by atoms with van der Waals surface area (Å²) in [6, 6.07) is 10.2. The third-order valence-electron chi connectivity index (χ3n) is 4.64. The molecule has 0 bridgehead atoms. The van der Waals surface area contributed by atoms with Crippen molar-refractivity contribution in [3.63, 3.8) is 0 Å². The molecule has 1 N–H and O–H groups in total. The zero-order valence-corrected chi connectivity index (χ0v) is 18.4. The van der Waals surface area contributed by atoms with E-state index in [0.717, 1.165) is 16.1 Å². The highest BCUT2D eigenvalue weighted by Gasteiger charge is 2.35. The topological polar surface area (TPSA) is 94.2 Å². The van der Waals surface area contributed by atoms with Crippen molar-refractivity contribution in [3.05, 3.63) is 47.0 Å². The molecule has 3 rings (SSSR count). The molecule has 1 heterocycles. The quantitative estimate of drug-likeness (QED) is 0.689. The van der Waals surface area contributed by atoms with Crippen molar-refractivity contribution >= 4 is 33.2 Å². The van der Waals surface area contributed by atoms with Crippen LogP contribution in [0.3, 0.4) is 0 Å². The number of fused-ring (bicyclic) bond motifs is 1. The van der Waals surface area contributed by atoms with Crippen molar-refractivity contribution in [2.75, 3.05) is 37.9 Å². The summed E-state index contributed by atoms with van der Waals surface area (Å²) in [6.07, 6.45) is 0.661. The van der Waals surface area contributed by atoms with Crippen LogP contribution in [-0.2, 0) is 21.2 Å². The number of carbonyl (C=O) groups is 1. The SMILES string of the molecule is COc1ccc(CCNC(=O)[C@@H]2CN(S(C)(=O)=O)c3cc(Cl)ccc3O2)cc1OC. The molecule has 1 aliphatic heterocycles. The Morgan fingerprint density at radius 3 is 2.60 bits per heavy atom. The minimum Gasteiger partial charge on any atom is -0.493 e. The summed E-state index contributed by atoms with van der Waals surface area (Å²) in [5.74, 6) is 1.12. The fraction of sp³-hybridized carbons (Fsp3) is 0.350. The summed E-state index contributed by atoms with van der Waals surface area (Å²) in [7, 11) is -0.490. The first-order valence-electron chi connectivity index (χ1n) is 9.15. The number of sulfonamides is 1. The minimum atomic E-state index is -3.61. The number of carbonyl (C=O) groups excluding carboxylic acids is 1. The Morgan fingerprint density at radius 1 is 1.20 bits per heavy atom. The summed E-state index contributed by atoms with van der Waals surface area (Å²) in [5, 5.41) is 3.18. The first-order chi connectivity index (χ1) is 14.2. The van der Waals surface area contributed by atoms with E-state index in [-0.39, 0.29) is 12.3 Å². The molecule has 10 heteroatoms. The van der Waals surface area contributed by atoms with Gasteiger partial charge in [-0.25, -0.2) is 8.42 Å². The van der Waals surface area contributed by atoms with Crippen molar-refractivity contribution in [1.29, 1.82) is 0 Å². The monoisotopic (exact) mass is 454 g/mol. The minimum absolute atomic E-state index is 0.131. The second-order valence-corrected chi connectivity index (χ2v) is 9.09. The lowest BCUT2D eigenvalue weighted by Crippen LogP contribution is -2.50. The number of ether oxygens (including phenoxy) is 3. The van der Waals surface area contributed by atoms with Gasteiger partial charge >= 0.3 is 0 Å². The number of hydrogen-bond acceptors (Lipinski definition) is 6. The number of methoxy groups -OCH3 is 2. The molecule has 2 aromatic carbocycles. The lowest BCUT2D eigenvalue weighted by molar-refractivity contribution is -0.127. The maximum atomic E-state index is 12.6. The molecule has 2 aromatic rings. The van der Waals surface area contributed by atoms with Crippen LogP contribution in [0.25, 0.3) is 0 Å². The van der Waals surface area contributed by atoms with Gasteiger partial charge in [-0.3, -0.25) is 9.10 Å². The molecule has 0 radical (unpaired) electrons. The molecular weight excluding hydrogens is 432 g/mol. The number of rotatable bonds is 7. The molecule has 0 spiro atoms. The van der Waals surface area contributed by atoms with Crippen LogP contribution in [0, 0.1) is 0 Å². The number of anilines is 1. The van der Waals surface area contributed by atoms with E-state index >= 15 is 0 Å².